The van der Waals surface area contributed by atoms with Crippen molar-refractivity contribution in [1.29, 1.82) is 0 Å². The number of nitro groups is 1. The van der Waals surface area contributed by atoms with E-state index in [9.17, 15) is 14.9 Å². The van der Waals surface area contributed by atoms with Crippen molar-refractivity contribution >= 4 is 11.5 Å². The standard InChI is InChI=1S/C13H16N2O5/c16-9-12-7-14(4-5-20-12)8-13(17)10-2-1-3-11(6-10)15(18)19/h1-3,6,12,16H,4-5,7-9H2. The van der Waals surface area contributed by atoms with Crippen molar-refractivity contribution < 1.29 is 19.6 Å². The van der Waals surface area contributed by atoms with E-state index in [0.717, 1.165) is 0 Å². The fourth-order valence-electron chi connectivity index (χ4n) is 2.12. The highest BCUT2D eigenvalue weighted by molar-refractivity contribution is 5.98. The minimum Gasteiger partial charge on any atom is -0.394 e. The summed E-state index contributed by atoms with van der Waals surface area (Å²) in [6, 6.07) is 5.71. The average Bonchev–Trinajstić information content (AvgIpc) is 2.47. The molecule has 2 rings (SSSR count). The molecule has 1 aliphatic heterocycles. The first-order valence-corrected chi connectivity index (χ1v) is 6.32. The van der Waals surface area contributed by atoms with Gasteiger partial charge in [0.15, 0.2) is 5.78 Å². The molecule has 0 radical (unpaired) electrons. The van der Waals surface area contributed by atoms with Crippen molar-refractivity contribution in [3.63, 3.8) is 0 Å². The summed E-state index contributed by atoms with van der Waals surface area (Å²) in [5, 5.41) is 19.7. The third kappa shape index (κ3) is 3.60. The number of benzene rings is 1. The van der Waals surface area contributed by atoms with E-state index in [4.69, 9.17) is 9.84 Å². The number of aliphatic hydroxyl groups excluding tert-OH is 1. The summed E-state index contributed by atoms with van der Waals surface area (Å²) in [5.74, 6) is -0.174. The third-order valence-electron chi connectivity index (χ3n) is 3.17. The van der Waals surface area contributed by atoms with E-state index in [1.807, 2.05) is 4.90 Å². The van der Waals surface area contributed by atoms with Gasteiger partial charge in [-0.15, -0.1) is 0 Å². The van der Waals surface area contributed by atoms with Crippen LogP contribution in [0.25, 0.3) is 0 Å². The summed E-state index contributed by atoms with van der Waals surface area (Å²) in [5.41, 5.74) is 0.234. The van der Waals surface area contributed by atoms with Gasteiger partial charge in [-0.25, -0.2) is 0 Å². The molecule has 1 heterocycles. The molecular weight excluding hydrogens is 264 g/mol. The maximum absolute atomic E-state index is 12.1. The first kappa shape index (κ1) is 14.6. The van der Waals surface area contributed by atoms with E-state index >= 15 is 0 Å². The normalized spacial score (nSPS) is 19.8. The number of nitro benzene ring substituents is 1. The van der Waals surface area contributed by atoms with Crippen LogP contribution in [0.5, 0.6) is 0 Å². The number of rotatable bonds is 5. The van der Waals surface area contributed by atoms with E-state index in [2.05, 4.69) is 0 Å². The van der Waals surface area contributed by atoms with Crippen molar-refractivity contribution in [3.8, 4) is 0 Å². The Bertz CT molecular complexity index is 505. The van der Waals surface area contributed by atoms with Crippen molar-refractivity contribution in [1.82, 2.24) is 4.90 Å². The smallest absolute Gasteiger partial charge is 0.270 e. The number of aliphatic hydroxyl groups is 1. The SMILES string of the molecule is O=C(CN1CCOC(CO)C1)c1cccc([N+](=O)[O-])c1. The fraction of sp³-hybridized carbons (Fsp3) is 0.462. The zero-order valence-corrected chi connectivity index (χ0v) is 10.9. The Balaban J connectivity index is 2.01. The molecule has 0 bridgehead atoms. The maximum Gasteiger partial charge on any atom is 0.270 e. The average molecular weight is 280 g/mol. The van der Waals surface area contributed by atoms with Crippen LogP contribution in [-0.2, 0) is 4.74 Å². The number of nitrogens with zero attached hydrogens (tertiary/aromatic N) is 2. The van der Waals surface area contributed by atoms with Gasteiger partial charge in [0.1, 0.15) is 0 Å². The summed E-state index contributed by atoms with van der Waals surface area (Å²) in [6.45, 7) is 1.64. The van der Waals surface area contributed by atoms with Crippen LogP contribution in [0.4, 0.5) is 5.69 Å². The number of hydrogen-bond donors (Lipinski definition) is 1. The molecule has 0 aromatic heterocycles. The molecule has 1 N–H and O–H groups in total. The van der Waals surface area contributed by atoms with Crippen molar-refractivity contribution in [2.24, 2.45) is 0 Å². The molecule has 20 heavy (non-hydrogen) atoms. The van der Waals surface area contributed by atoms with Gasteiger partial charge in [-0.2, -0.15) is 0 Å². The molecule has 7 nitrogen and oxygen atoms in total. The zero-order chi connectivity index (χ0) is 14.5. The second-order valence-corrected chi connectivity index (χ2v) is 4.64. The van der Waals surface area contributed by atoms with Crippen LogP contribution >= 0.6 is 0 Å². The number of ketones is 1. The molecule has 1 saturated heterocycles. The first-order chi connectivity index (χ1) is 9.60. The molecule has 7 heteroatoms. The summed E-state index contributed by atoms with van der Waals surface area (Å²) in [6.07, 6.45) is -0.276. The number of hydrogen-bond acceptors (Lipinski definition) is 6. The largest absolute Gasteiger partial charge is 0.394 e. The van der Waals surface area contributed by atoms with Gasteiger partial charge in [-0.3, -0.25) is 19.8 Å². The zero-order valence-electron chi connectivity index (χ0n) is 10.9. The molecule has 0 spiro atoms. The van der Waals surface area contributed by atoms with E-state index in [1.54, 1.807) is 6.07 Å². The van der Waals surface area contributed by atoms with Gasteiger partial charge in [0.2, 0.25) is 0 Å². The van der Waals surface area contributed by atoms with Gasteiger partial charge < -0.3 is 9.84 Å². The second-order valence-electron chi connectivity index (χ2n) is 4.64. The van der Waals surface area contributed by atoms with Crippen LogP contribution in [0.3, 0.4) is 0 Å². The topological polar surface area (TPSA) is 92.9 Å². The lowest BCUT2D eigenvalue weighted by Crippen LogP contribution is -2.45. The van der Waals surface area contributed by atoms with Crippen LogP contribution in [-0.4, -0.2) is 59.7 Å². The van der Waals surface area contributed by atoms with E-state index < -0.39 is 4.92 Å². The maximum atomic E-state index is 12.1. The first-order valence-electron chi connectivity index (χ1n) is 6.32. The van der Waals surface area contributed by atoms with Gasteiger partial charge in [-0.05, 0) is 0 Å². The number of non-ortho nitro benzene ring substituents is 1. The molecule has 1 aromatic rings. The summed E-state index contributed by atoms with van der Waals surface area (Å²) in [7, 11) is 0. The van der Waals surface area contributed by atoms with Gasteiger partial charge in [0.05, 0.1) is 30.8 Å². The molecule has 1 atom stereocenters. The summed E-state index contributed by atoms with van der Waals surface area (Å²) >= 11 is 0. The van der Waals surface area contributed by atoms with Crippen molar-refractivity contribution in [2.75, 3.05) is 32.8 Å². The Hall–Kier alpha value is -1.83. The molecular formula is C13H16N2O5. The van der Waals surface area contributed by atoms with Crippen LogP contribution < -0.4 is 0 Å². The molecule has 108 valence electrons. The highest BCUT2D eigenvalue weighted by Gasteiger charge is 2.22. The Morgan fingerprint density at radius 1 is 1.55 bits per heavy atom. The predicted molar refractivity (Wildman–Crippen MR) is 70.7 cm³/mol. The van der Waals surface area contributed by atoms with Gasteiger partial charge in [0.25, 0.3) is 5.69 Å². The molecule has 1 aliphatic rings. The highest BCUT2D eigenvalue weighted by Crippen LogP contribution is 2.14. The Kier molecular flexibility index (Phi) is 4.78. The molecule has 1 fully saturated rings. The molecule has 0 saturated carbocycles. The van der Waals surface area contributed by atoms with Crippen molar-refractivity contribution in [2.45, 2.75) is 6.10 Å². The second kappa shape index (κ2) is 6.56. The number of carbonyl (C=O) groups excluding carboxylic acids is 1. The minimum atomic E-state index is -0.521. The number of Topliss-reactive ketones (excluding diaryl/α,β-unsaturated/α-hetero) is 1. The monoisotopic (exact) mass is 280 g/mol. The summed E-state index contributed by atoms with van der Waals surface area (Å²) < 4.78 is 5.30. The van der Waals surface area contributed by atoms with E-state index in [-0.39, 0.29) is 30.7 Å². The molecule has 0 aliphatic carbocycles. The number of ether oxygens (including phenoxy) is 1. The summed E-state index contributed by atoms with van der Waals surface area (Å²) in [4.78, 5) is 24.2. The van der Waals surface area contributed by atoms with Crippen LogP contribution in [0.15, 0.2) is 24.3 Å². The number of morpholine rings is 1. The van der Waals surface area contributed by atoms with Crippen LogP contribution in [0.2, 0.25) is 0 Å². The Morgan fingerprint density at radius 2 is 2.35 bits per heavy atom. The third-order valence-corrected chi connectivity index (χ3v) is 3.17. The Labute approximate surface area is 115 Å². The van der Waals surface area contributed by atoms with Gasteiger partial charge in [0, 0.05) is 30.8 Å². The lowest BCUT2D eigenvalue weighted by atomic mass is 10.1. The van der Waals surface area contributed by atoms with Crippen molar-refractivity contribution in [3.05, 3.63) is 39.9 Å². The highest BCUT2D eigenvalue weighted by atomic mass is 16.6. The number of carbonyl (C=O) groups is 1. The van der Waals surface area contributed by atoms with Gasteiger partial charge in [-0.1, -0.05) is 12.1 Å². The lowest BCUT2D eigenvalue weighted by Gasteiger charge is -2.31. The van der Waals surface area contributed by atoms with Crippen LogP contribution in [0, 0.1) is 10.1 Å². The molecule has 1 aromatic carbocycles. The quantitative estimate of drug-likeness (QED) is 0.479. The van der Waals surface area contributed by atoms with Gasteiger partial charge >= 0.3 is 0 Å². The van der Waals surface area contributed by atoms with E-state index in [1.165, 1.54) is 18.2 Å². The molecule has 0 amide bonds. The minimum absolute atomic E-state index is 0.0818. The Morgan fingerprint density at radius 3 is 3.05 bits per heavy atom. The van der Waals surface area contributed by atoms with E-state index in [0.29, 0.717) is 25.3 Å². The lowest BCUT2D eigenvalue weighted by molar-refractivity contribution is -0.384. The fourth-order valence-corrected chi connectivity index (χ4v) is 2.12. The predicted octanol–water partition coefficient (Wildman–Crippen LogP) is 0.471. The van der Waals surface area contributed by atoms with Crippen LogP contribution in [0.1, 0.15) is 10.4 Å². The molecule has 1 unspecified atom stereocenters.